The van der Waals surface area contributed by atoms with Crippen LogP contribution < -0.4 is 11.1 Å². The summed E-state index contributed by atoms with van der Waals surface area (Å²) in [7, 11) is 0. The van der Waals surface area contributed by atoms with Gasteiger partial charge in [0, 0.05) is 35.9 Å². The number of primary amides is 1. The number of aliphatic hydroxyl groups is 1. The van der Waals surface area contributed by atoms with Crippen LogP contribution in [0.2, 0.25) is 0 Å². The van der Waals surface area contributed by atoms with Gasteiger partial charge in [-0.2, -0.15) is 0 Å². The molecule has 2 amide bonds. The molecule has 2 aliphatic heterocycles. The Morgan fingerprint density at radius 1 is 1.36 bits per heavy atom. The van der Waals surface area contributed by atoms with Gasteiger partial charge < -0.3 is 26.0 Å². The Kier molecular flexibility index (Phi) is 3.84. The van der Waals surface area contributed by atoms with Crippen molar-refractivity contribution in [3.63, 3.8) is 0 Å². The van der Waals surface area contributed by atoms with Crippen molar-refractivity contribution in [1.29, 1.82) is 0 Å². The van der Waals surface area contributed by atoms with E-state index in [4.69, 9.17) is 5.73 Å². The highest BCUT2D eigenvalue weighted by Crippen LogP contribution is 2.38. The second-order valence-electron chi connectivity index (χ2n) is 6.81. The summed E-state index contributed by atoms with van der Waals surface area (Å²) in [6, 6.07) is 2.28. The number of pyridine rings is 1. The number of aliphatic hydroxyl groups excluding tert-OH is 1. The van der Waals surface area contributed by atoms with Gasteiger partial charge in [0.2, 0.25) is 5.91 Å². The number of nitrogens with zero attached hydrogens (tertiary/aromatic N) is 2. The molecule has 0 saturated carbocycles. The quantitative estimate of drug-likeness (QED) is 0.647. The lowest BCUT2D eigenvalue weighted by Crippen LogP contribution is -2.50. The van der Waals surface area contributed by atoms with Crippen LogP contribution in [0.15, 0.2) is 18.5 Å². The lowest BCUT2D eigenvalue weighted by molar-refractivity contribution is -0.138. The smallest absolute Gasteiger partial charge is 0.252 e. The SMILES string of the molecule is NC(=O)c1cnc2[nH]ccc2c1N[C@@H]1C[C@H]2CC[C@@H](C1)N2C(=O)CO. The van der Waals surface area contributed by atoms with Crippen LogP contribution >= 0.6 is 0 Å². The van der Waals surface area contributed by atoms with Gasteiger partial charge in [-0.25, -0.2) is 4.98 Å². The van der Waals surface area contributed by atoms with Crippen LogP contribution in [0.1, 0.15) is 36.0 Å². The predicted octanol–water partition coefficient (Wildman–Crippen LogP) is 0.588. The Morgan fingerprint density at radius 2 is 2.08 bits per heavy atom. The molecule has 2 aliphatic rings. The van der Waals surface area contributed by atoms with Gasteiger partial charge in [-0.15, -0.1) is 0 Å². The van der Waals surface area contributed by atoms with Gasteiger partial charge >= 0.3 is 0 Å². The second-order valence-corrected chi connectivity index (χ2v) is 6.81. The van der Waals surface area contributed by atoms with Crippen LogP contribution in [0, 0.1) is 0 Å². The molecule has 2 aromatic rings. The summed E-state index contributed by atoms with van der Waals surface area (Å²) in [5, 5.41) is 13.5. The molecule has 25 heavy (non-hydrogen) atoms. The van der Waals surface area contributed by atoms with E-state index in [-0.39, 0.29) is 24.0 Å². The van der Waals surface area contributed by atoms with Crippen molar-refractivity contribution < 1.29 is 14.7 Å². The number of hydrogen-bond donors (Lipinski definition) is 4. The summed E-state index contributed by atoms with van der Waals surface area (Å²) < 4.78 is 0. The predicted molar refractivity (Wildman–Crippen MR) is 92.0 cm³/mol. The zero-order chi connectivity index (χ0) is 17.6. The molecule has 3 atom stereocenters. The molecule has 8 heteroatoms. The summed E-state index contributed by atoms with van der Waals surface area (Å²) >= 11 is 0. The van der Waals surface area contributed by atoms with Crippen LogP contribution in [0.4, 0.5) is 5.69 Å². The van der Waals surface area contributed by atoms with E-state index in [1.54, 1.807) is 6.20 Å². The first kappa shape index (κ1) is 15.9. The van der Waals surface area contributed by atoms with Crippen molar-refractivity contribution in [3.05, 3.63) is 24.0 Å². The van der Waals surface area contributed by atoms with Crippen LogP contribution in [0.3, 0.4) is 0 Å². The molecule has 0 aromatic carbocycles. The number of carbonyl (C=O) groups excluding carboxylic acids is 2. The van der Waals surface area contributed by atoms with E-state index in [1.807, 2.05) is 11.0 Å². The van der Waals surface area contributed by atoms with Crippen LogP contribution in [0.5, 0.6) is 0 Å². The van der Waals surface area contributed by atoms with Crippen molar-refractivity contribution in [2.75, 3.05) is 11.9 Å². The molecule has 0 radical (unpaired) electrons. The highest BCUT2D eigenvalue weighted by atomic mass is 16.3. The lowest BCUT2D eigenvalue weighted by atomic mass is 9.96. The topological polar surface area (TPSA) is 124 Å². The number of hydrogen-bond acceptors (Lipinski definition) is 5. The van der Waals surface area contributed by atoms with Crippen LogP contribution in [-0.2, 0) is 4.79 Å². The summed E-state index contributed by atoms with van der Waals surface area (Å²) in [6.45, 7) is -0.439. The number of carbonyl (C=O) groups is 2. The van der Waals surface area contributed by atoms with Gasteiger partial charge in [0.25, 0.3) is 5.91 Å². The molecule has 0 unspecified atom stereocenters. The third-order valence-corrected chi connectivity index (χ3v) is 5.36. The Balaban J connectivity index is 1.61. The van der Waals surface area contributed by atoms with Crippen LogP contribution in [0.25, 0.3) is 11.0 Å². The Bertz CT molecular complexity index is 819. The van der Waals surface area contributed by atoms with E-state index in [1.165, 1.54) is 6.20 Å². The molecule has 2 aromatic heterocycles. The van der Waals surface area contributed by atoms with Gasteiger partial charge in [-0.1, -0.05) is 0 Å². The van der Waals surface area contributed by atoms with Crippen molar-refractivity contribution in [1.82, 2.24) is 14.9 Å². The summed E-state index contributed by atoms with van der Waals surface area (Å²) in [5.41, 5.74) is 7.28. The summed E-state index contributed by atoms with van der Waals surface area (Å²) in [6.07, 6.45) is 6.74. The fraction of sp³-hybridized carbons (Fsp3) is 0.471. The van der Waals surface area contributed by atoms with E-state index in [0.717, 1.165) is 31.1 Å². The maximum atomic E-state index is 12.0. The van der Waals surface area contributed by atoms with Gasteiger partial charge in [0.1, 0.15) is 12.3 Å². The Morgan fingerprint density at radius 3 is 2.72 bits per heavy atom. The van der Waals surface area contributed by atoms with Crippen LogP contribution in [-0.4, -0.2) is 56.5 Å². The van der Waals surface area contributed by atoms with E-state index >= 15 is 0 Å². The molecule has 2 bridgehead atoms. The zero-order valence-electron chi connectivity index (χ0n) is 13.7. The number of rotatable bonds is 4. The summed E-state index contributed by atoms with van der Waals surface area (Å²) in [4.78, 5) is 32.9. The molecule has 8 nitrogen and oxygen atoms in total. The van der Waals surface area contributed by atoms with Gasteiger partial charge in [0.15, 0.2) is 0 Å². The molecule has 2 fully saturated rings. The van der Waals surface area contributed by atoms with E-state index < -0.39 is 12.5 Å². The molecule has 2 saturated heterocycles. The normalized spacial score (nSPS) is 25.3. The van der Waals surface area contributed by atoms with E-state index in [0.29, 0.717) is 16.9 Å². The number of aromatic amines is 1. The first-order valence-electron chi connectivity index (χ1n) is 8.53. The molecule has 4 heterocycles. The number of piperidine rings is 1. The van der Waals surface area contributed by atoms with Gasteiger partial charge in [-0.3, -0.25) is 9.59 Å². The third kappa shape index (κ3) is 2.62. The molecule has 4 rings (SSSR count). The number of fused-ring (bicyclic) bond motifs is 3. The van der Waals surface area contributed by atoms with Crippen molar-refractivity contribution >= 4 is 28.5 Å². The maximum Gasteiger partial charge on any atom is 0.252 e. The van der Waals surface area contributed by atoms with E-state index in [2.05, 4.69) is 15.3 Å². The van der Waals surface area contributed by atoms with E-state index in [9.17, 15) is 14.7 Å². The zero-order valence-corrected chi connectivity index (χ0v) is 13.7. The van der Waals surface area contributed by atoms with Gasteiger partial charge in [0.05, 0.1) is 11.3 Å². The fourth-order valence-corrected chi connectivity index (χ4v) is 4.34. The molecular formula is C17H21N5O3. The number of H-pyrrole nitrogens is 1. The molecule has 5 N–H and O–H groups in total. The monoisotopic (exact) mass is 343 g/mol. The highest BCUT2D eigenvalue weighted by molar-refractivity contribution is 6.06. The minimum absolute atomic E-state index is 0.136. The molecular weight excluding hydrogens is 322 g/mol. The number of amides is 2. The number of nitrogens with one attached hydrogen (secondary N) is 2. The standard InChI is InChI=1S/C17H21N5O3/c18-16(25)13-7-20-17-12(3-4-19-17)15(13)21-9-5-10-1-2-11(6-9)22(10)14(24)8-23/h3-4,7,9-11,23H,1-2,5-6,8H2,(H2,18,25)(H2,19,20,21)/t9-,10-,11+. The maximum absolute atomic E-state index is 12.0. The minimum atomic E-state index is -0.519. The molecule has 132 valence electrons. The average Bonchev–Trinajstić information content (AvgIpc) is 3.17. The lowest BCUT2D eigenvalue weighted by Gasteiger charge is -2.39. The number of anilines is 1. The third-order valence-electron chi connectivity index (χ3n) is 5.36. The number of nitrogens with two attached hydrogens (primary N) is 1. The fourth-order valence-electron chi connectivity index (χ4n) is 4.34. The van der Waals surface area contributed by atoms with Crippen molar-refractivity contribution in [3.8, 4) is 0 Å². The largest absolute Gasteiger partial charge is 0.387 e. The molecule has 0 spiro atoms. The highest BCUT2D eigenvalue weighted by Gasteiger charge is 2.43. The number of aromatic nitrogens is 2. The summed E-state index contributed by atoms with van der Waals surface area (Å²) in [5.74, 6) is -0.713. The Hall–Kier alpha value is -2.61. The first-order valence-corrected chi connectivity index (χ1v) is 8.53. The average molecular weight is 343 g/mol. The van der Waals surface area contributed by atoms with Crippen molar-refractivity contribution in [2.24, 2.45) is 5.73 Å². The first-order chi connectivity index (χ1) is 12.1. The minimum Gasteiger partial charge on any atom is -0.387 e. The van der Waals surface area contributed by atoms with Crippen molar-refractivity contribution in [2.45, 2.75) is 43.8 Å². The van der Waals surface area contributed by atoms with Gasteiger partial charge in [-0.05, 0) is 31.7 Å². The second kappa shape index (κ2) is 6.03. The Labute approximate surface area is 144 Å². The molecule has 0 aliphatic carbocycles.